The van der Waals surface area contributed by atoms with E-state index >= 15 is 0 Å². The van der Waals surface area contributed by atoms with Crippen LogP contribution in [-0.2, 0) is 0 Å². The molecule has 45 valence electrons. The van der Waals surface area contributed by atoms with Crippen LogP contribution in [0, 0.1) is 6.58 Å². The summed E-state index contributed by atoms with van der Waals surface area (Å²) in [5.41, 5.74) is 0.947. The second kappa shape index (κ2) is 2.70. The van der Waals surface area contributed by atoms with E-state index in [0.717, 1.165) is 5.56 Å². The summed E-state index contributed by atoms with van der Waals surface area (Å²) < 4.78 is 0. The van der Waals surface area contributed by atoms with Gasteiger partial charge in [0.25, 0.3) is 0 Å². The van der Waals surface area contributed by atoms with E-state index in [0.29, 0.717) is 5.02 Å². The molecule has 1 aromatic carbocycles. The molecule has 1 aromatic rings. The Morgan fingerprint density at radius 2 is 2.22 bits per heavy atom. The zero-order valence-corrected chi connectivity index (χ0v) is 5.60. The highest BCUT2D eigenvalue weighted by Crippen LogP contribution is 2.10. The fraction of sp³-hybridized carbons (Fsp3) is 0. The molecule has 1 rings (SSSR count). The highest BCUT2D eigenvalue weighted by Gasteiger charge is 1.85. The topological polar surface area (TPSA) is 0 Å². The Morgan fingerprint density at radius 3 is 2.67 bits per heavy atom. The maximum atomic E-state index is 5.65. The first-order valence-corrected chi connectivity index (χ1v) is 3.01. The molecule has 0 unspecified atom stereocenters. The molecule has 0 saturated carbocycles. The number of halogens is 1. The lowest BCUT2D eigenvalue weighted by Gasteiger charge is -1.90. The fourth-order valence-corrected chi connectivity index (χ4v) is 0.809. The summed E-state index contributed by atoms with van der Waals surface area (Å²) in [6, 6.07) is 7.38. The Labute approximate surface area is 59.8 Å². The third-order valence-electron chi connectivity index (χ3n) is 1.04. The zero-order chi connectivity index (χ0) is 6.69. The molecule has 0 N–H and O–H groups in total. The van der Waals surface area contributed by atoms with Crippen LogP contribution in [0.3, 0.4) is 0 Å². The monoisotopic (exact) mass is 137 g/mol. The van der Waals surface area contributed by atoms with Crippen molar-refractivity contribution < 1.29 is 0 Å². The van der Waals surface area contributed by atoms with Gasteiger partial charge >= 0.3 is 0 Å². The van der Waals surface area contributed by atoms with Gasteiger partial charge in [0.15, 0.2) is 0 Å². The van der Waals surface area contributed by atoms with E-state index in [1.807, 2.05) is 24.3 Å². The van der Waals surface area contributed by atoms with E-state index in [2.05, 4.69) is 0 Å². The van der Waals surface area contributed by atoms with Crippen LogP contribution < -0.4 is 0 Å². The van der Waals surface area contributed by atoms with Crippen LogP contribution >= 0.6 is 11.6 Å². The SMILES string of the molecule is [CH]=Cc1cccc(Cl)c1. The number of hydrogen-bond donors (Lipinski definition) is 0. The molecule has 0 heterocycles. The van der Waals surface area contributed by atoms with Gasteiger partial charge in [-0.25, -0.2) is 0 Å². The van der Waals surface area contributed by atoms with Crippen LogP contribution in [0.2, 0.25) is 5.02 Å². The van der Waals surface area contributed by atoms with Crippen LogP contribution in [0.25, 0.3) is 6.08 Å². The van der Waals surface area contributed by atoms with Crippen molar-refractivity contribution in [3.63, 3.8) is 0 Å². The second-order valence-electron chi connectivity index (χ2n) is 1.72. The van der Waals surface area contributed by atoms with Crippen molar-refractivity contribution in [1.29, 1.82) is 0 Å². The molecule has 0 aliphatic carbocycles. The van der Waals surface area contributed by atoms with E-state index in [-0.39, 0.29) is 0 Å². The third-order valence-corrected chi connectivity index (χ3v) is 1.28. The highest BCUT2D eigenvalue weighted by molar-refractivity contribution is 6.30. The maximum absolute atomic E-state index is 5.65. The summed E-state index contributed by atoms with van der Waals surface area (Å²) in [7, 11) is 0. The first kappa shape index (κ1) is 6.37. The third kappa shape index (κ3) is 1.58. The Kier molecular flexibility index (Phi) is 1.91. The van der Waals surface area contributed by atoms with E-state index in [1.165, 1.54) is 6.08 Å². The number of rotatable bonds is 1. The molecule has 1 radical (unpaired) electrons. The lowest BCUT2D eigenvalue weighted by Crippen LogP contribution is -1.67. The highest BCUT2D eigenvalue weighted by atomic mass is 35.5. The van der Waals surface area contributed by atoms with Gasteiger partial charge in [-0.1, -0.05) is 36.4 Å². The van der Waals surface area contributed by atoms with Gasteiger partial charge in [-0.15, -0.1) is 0 Å². The molecule has 0 saturated heterocycles. The zero-order valence-electron chi connectivity index (χ0n) is 4.84. The van der Waals surface area contributed by atoms with Crippen molar-refractivity contribution >= 4 is 17.7 Å². The fourth-order valence-electron chi connectivity index (χ4n) is 0.610. The van der Waals surface area contributed by atoms with Crippen molar-refractivity contribution in [3.8, 4) is 0 Å². The Hall–Kier alpha value is -0.750. The Balaban J connectivity index is 3.07. The van der Waals surface area contributed by atoms with E-state index < -0.39 is 0 Å². The Morgan fingerprint density at radius 1 is 1.44 bits per heavy atom. The molecule has 0 aliphatic rings. The number of hydrogen-bond acceptors (Lipinski definition) is 0. The smallest absolute Gasteiger partial charge is 0.0411 e. The molecule has 0 spiro atoms. The predicted molar refractivity (Wildman–Crippen MR) is 40.2 cm³/mol. The van der Waals surface area contributed by atoms with Crippen molar-refractivity contribution in [3.05, 3.63) is 41.4 Å². The van der Waals surface area contributed by atoms with Crippen LogP contribution in [0.4, 0.5) is 0 Å². The molecule has 0 nitrogen and oxygen atoms in total. The predicted octanol–water partition coefficient (Wildman–Crippen LogP) is 2.79. The summed E-state index contributed by atoms with van der Waals surface area (Å²) >= 11 is 5.65. The van der Waals surface area contributed by atoms with Gasteiger partial charge < -0.3 is 0 Å². The van der Waals surface area contributed by atoms with Gasteiger partial charge in [0.2, 0.25) is 0 Å². The summed E-state index contributed by atoms with van der Waals surface area (Å²) in [6.45, 7) is 5.24. The molecule has 0 aliphatic heterocycles. The van der Waals surface area contributed by atoms with Gasteiger partial charge in [-0.05, 0) is 17.7 Å². The van der Waals surface area contributed by atoms with Gasteiger partial charge in [-0.3, -0.25) is 0 Å². The van der Waals surface area contributed by atoms with Crippen molar-refractivity contribution in [2.24, 2.45) is 0 Å². The summed E-state index contributed by atoms with van der Waals surface area (Å²) in [4.78, 5) is 0. The number of benzene rings is 1. The summed E-state index contributed by atoms with van der Waals surface area (Å²) in [5, 5.41) is 0.717. The first-order valence-electron chi connectivity index (χ1n) is 2.63. The quantitative estimate of drug-likeness (QED) is 0.559. The molecule has 0 atom stereocenters. The minimum atomic E-state index is 0.717. The second-order valence-corrected chi connectivity index (χ2v) is 2.16. The summed E-state index contributed by atoms with van der Waals surface area (Å²) in [5.74, 6) is 0. The van der Waals surface area contributed by atoms with Crippen molar-refractivity contribution in [2.75, 3.05) is 0 Å². The molecule has 9 heavy (non-hydrogen) atoms. The minimum Gasteiger partial charge on any atom is -0.0843 e. The van der Waals surface area contributed by atoms with Gasteiger partial charge in [0.1, 0.15) is 0 Å². The normalized spacial score (nSPS) is 9.00. The lowest BCUT2D eigenvalue weighted by molar-refractivity contribution is 1.66. The average molecular weight is 138 g/mol. The van der Waals surface area contributed by atoms with E-state index in [9.17, 15) is 0 Å². The molecular weight excluding hydrogens is 132 g/mol. The molecule has 0 bridgehead atoms. The van der Waals surface area contributed by atoms with Crippen LogP contribution in [0.5, 0.6) is 0 Å². The lowest BCUT2D eigenvalue weighted by atomic mass is 10.2. The van der Waals surface area contributed by atoms with Crippen molar-refractivity contribution in [1.82, 2.24) is 0 Å². The van der Waals surface area contributed by atoms with Crippen LogP contribution in [-0.4, -0.2) is 0 Å². The van der Waals surface area contributed by atoms with Gasteiger partial charge in [0.05, 0.1) is 0 Å². The van der Waals surface area contributed by atoms with Gasteiger partial charge in [0, 0.05) is 5.02 Å². The largest absolute Gasteiger partial charge is 0.0843 e. The average Bonchev–Trinajstić information content (AvgIpc) is 1.88. The van der Waals surface area contributed by atoms with Crippen LogP contribution in [0.1, 0.15) is 5.56 Å². The Bertz CT molecular complexity index is 216. The summed E-state index contributed by atoms with van der Waals surface area (Å²) in [6.07, 6.45) is 1.52. The molecule has 1 heteroatoms. The molecule has 0 aromatic heterocycles. The molecular formula is C8H6Cl. The molecule has 0 fully saturated rings. The standard InChI is InChI=1S/C8H6Cl/c1-2-7-4-3-5-8(9)6-7/h1-6H. The van der Waals surface area contributed by atoms with Crippen LogP contribution in [0.15, 0.2) is 24.3 Å². The minimum absolute atomic E-state index is 0.717. The van der Waals surface area contributed by atoms with E-state index in [4.69, 9.17) is 18.2 Å². The van der Waals surface area contributed by atoms with Gasteiger partial charge in [-0.2, -0.15) is 0 Å². The molecule has 0 amide bonds. The maximum Gasteiger partial charge on any atom is 0.0411 e. The van der Waals surface area contributed by atoms with E-state index in [1.54, 1.807) is 0 Å². The first-order chi connectivity index (χ1) is 4.33. The van der Waals surface area contributed by atoms with Crippen molar-refractivity contribution in [2.45, 2.75) is 0 Å².